The van der Waals surface area contributed by atoms with Crippen LogP contribution in [0.2, 0.25) is 0 Å². The van der Waals surface area contributed by atoms with Crippen molar-refractivity contribution in [1.82, 2.24) is 4.90 Å². The summed E-state index contributed by atoms with van der Waals surface area (Å²) in [5, 5.41) is 0. The first kappa shape index (κ1) is 23.9. The van der Waals surface area contributed by atoms with Crippen LogP contribution in [0, 0.1) is 0 Å². The van der Waals surface area contributed by atoms with E-state index in [2.05, 4.69) is 23.6 Å². The Balaban J connectivity index is 1.97. The Labute approximate surface area is 161 Å². The summed E-state index contributed by atoms with van der Waals surface area (Å²) in [4.78, 5) is 59.4. The van der Waals surface area contributed by atoms with Gasteiger partial charge < -0.3 is 34.9 Å². The highest BCUT2D eigenvalue weighted by molar-refractivity contribution is 7.68. The molecular formula is C9H15FN5O11P3. The van der Waals surface area contributed by atoms with E-state index < -0.39 is 54.3 Å². The van der Waals surface area contributed by atoms with Crippen molar-refractivity contribution in [2.75, 3.05) is 19.6 Å². The minimum Gasteiger partial charge on any atom is -0.368 e. The molecule has 1 amide bonds. The normalized spacial score (nSPS) is 24.4. The molecule has 0 saturated carbocycles. The van der Waals surface area contributed by atoms with E-state index in [4.69, 9.17) is 25.2 Å². The molecule has 4 unspecified atom stereocenters. The third-order valence-electron chi connectivity index (χ3n) is 3.07. The summed E-state index contributed by atoms with van der Waals surface area (Å²) in [6, 6.07) is -1.07. The van der Waals surface area contributed by atoms with Gasteiger partial charge in [0.2, 0.25) is 5.96 Å². The molecule has 2 rings (SSSR count). The van der Waals surface area contributed by atoms with Crippen LogP contribution >= 0.6 is 23.2 Å². The number of nitrogens with two attached hydrogens (primary N) is 1. The minimum atomic E-state index is -5.63. The number of nitrogens with zero attached hydrogens (tertiary/aromatic N) is 4. The Morgan fingerprint density at radius 1 is 1.21 bits per heavy atom. The molecule has 6 N–H and O–H groups in total. The number of carbonyl (C=O) groups is 1. The highest BCUT2D eigenvalue weighted by atomic mass is 31.3. The third-order valence-corrected chi connectivity index (χ3v) is 7.07. The van der Waals surface area contributed by atoms with Crippen LogP contribution in [0.3, 0.4) is 0 Å². The number of aliphatic imine (C=N–C) groups is 3. The quantitative estimate of drug-likeness (QED) is 0.228. The molecule has 0 saturated heterocycles. The van der Waals surface area contributed by atoms with Gasteiger partial charge in [-0.15, -0.1) is 0 Å². The number of halogens is 1. The van der Waals surface area contributed by atoms with Crippen molar-refractivity contribution in [3.05, 3.63) is 0 Å². The second kappa shape index (κ2) is 8.78. The van der Waals surface area contributed by atoms with Gasteiger partial charge >= 0.3 is 23.2 Å². The topological polar surface area (TPSA) is 243 Å². The first-order chi connectivity index (χ1) is 13.2. The first-order valence-corrected chi connectivity index (χ1v) is 12.1. The van der Waals surface area contributed by atoms with E-state index in [1.54, 1.807) is 0 Å². The maximum atomic E-state index is 13.2. The lowest BCUT2D eigenvalue weighted by Crippen LogP contribution is -2.43. The summed E-state index contributed by atoms with van der Waals surface area (Å²) < 4.78 is 58.9. The number of amidine groups is 1. The summed E-state index contributed by atoms with van der Waals surface area (Å²) in [6.07, 6.45) is -1.63. The second-order valence-corrected chi connectivity index (χ2v) is 10.2. The number of carbonyl (C=O) groups excluding carboxylic acids is 1. The Kier molecular flexibility index (Phi) is 7.23. The van der Waals surface area contributed by atoms with E-state index in [1.807, 2.05) is 0 Å². The van der Waals surface area contributed by atoms with E-state index >= 15 is 0 Å². The number of phosphoric acid groups is 2. The lowest BCUT2D eigenvalue weighted by Gasteiger charge is -2.24. The molecule has 0 aromatic rings. The van der Waals surface area contributed by atoms with Crippen molar-refractivity contribution < 1.29 is 55.8 Å². The number of hydrogen-bond donors (Lipinski definition) is 5. The fraction of sp³-hybridized carbons (Fsp3) is 0.556. The van der Waals surface area contributed by atoms with Crippen LogP contribution in [-0.2, 0) is 31.8 Å². The smallest absolute Gasteiger partial charge is 0.368 e. The van der Waals surface area contributed by atoms with Crippen molar-refractivity contribution in [3.8, 4) is 0 Å². The summed E-state index contributed by atoms with van der Waals surface area (Å²) >= 11 is 0. The van der Waals surface area contributed by atoms with Gasteiger partial charge in [-0.05, 0) is 0 Å². The van der Waals surface area contributed by atoms with Crippen molar-refractivity contribution in [2.45, 2.75) is 12.1 Å². The molecule has 0 fully saturated rings. The van der Waals surface area contributed by atoms with E-state index in [-0.39, 0.29) is 18.3 Å². The predicted molar refractivity (Wildman–Crippen MR) is 92.6 cm³/mol. The molecule has 164 valence electrons. The number of fused-ring (bicyclic) bond motifs is 1. The number of ether oxygens (including phenoxy) is 1. The molecular weight excluding hydrogens is 466 g/mol. The molecule has 0 aromatic carbocycles. The molecule has 0 aromatic heterocycles. The lowest BCUT2D eigenvalue weighted by atomic mass is 10.2. The van der Waals surface area contributed by atoms with Gasteiger partial charge in [-0.1, -0.05) is 0 Å². The molecule has 2 aliphatic heterocycles. The number of rotatable bonds is 10. The van der Waals surface area contributed by atoms with Crippen LogP contribution in [0.4, 0.5) is 4.39 Å². The molecule has 4 atom stereocenters. The summed E-state index contributed by atoms with van der Waals surface area (Å²) in [5.74, 6) is -1.00. The van der Waals surface area contributed by atoms with Gasteiger partial charge in [0.25, 0.3) is 5.91 Å². The predicted octanol–water partition coefficient (Wildman–Crippen LogP) is -1.32. The highest BCUT2D eigenvalue weighted by Gasteiger charge is 2.41. The van der Waals surface area contributed by atoms with E-state index in [0.29, 0.717) is 0 Å². The third kappa shape index (κ3) is 7.12. The fourth-order valence-corrected chi connectivity index (χ4v) is 5.43. The average molecular weight is 481 g/mol. The SMILES string of the molecule is NC1=NC(=O)C2N=CN(CC(CF)OCP(=O)(O)OP(=O)(O)OP(=O)(O)O)C2=N1. The maximum absolute atomic E-state index is 13.2. The van der Waals surface area contributed by atoms with Gasteiger partial charge in [0, 0.05) is 0 Å². The fourth-order valence-electron chi connectivity index (χ4n) is 2.09. The van der Waals surface area contributed by atoms with Gasteiger partial charge in [-0.3, -0.25) is 14.4 Å². The van der Waals surface area contributed by atoms with Gasteiger partial charge in [-0.2, -0.15) is 14.3 Å². The summed E-state index contributed by atoms with van der Waals surface area (Å²) in [6.45, 7) is -1.57. The summed E-state index contributed by atoms with van der Waals surface area (Å²) in [7, 11) is -16.3. The van der Waals surface area contributed by atoms with Crippen LogP contribution in [-0.4, -0.2) is 80.2 Å². The highest BCUT2D eigenvalue weighted by Crippen LogP contribution is 2.65. The number of amides is 1. The molecule has 2 heterocycles. The van der Waals surface area contributed by atoms with E-state index in [1.165, 1.54) is 4.90 Å². The number of hydrogen-bond acceptors (Lipinski definition) is 11. The van der Waals surface area contributed by atoms with Gasteiger partial charge in [0.15, 0.2) is 6.04 Å². The zero-order chi connectivity index (χ0) is 22.0. The Morgan fingerprint density at radius 3 is 2.45 bits per heavy atom. The molecule has 2 aliphatic rings. The van der Waals surface area contributed by atoms with Gasteiger partial charge in [0.05, 0.1) is 12.9 Å². The maximum Gasteiger partial charge on any atom is 0.488 e. The lowest BCUT2D eigenvalue weighted by molar-refractivity contribution is -0.117. The average Bonchev–Trinajstić information content (AvgIpc) is 2.90. The van der Waals surface area contributed by atoms with Crippen molar-refractivity contribution >= 4 is 47.3 Å². The molecule has 0 spiro atoms. The molecule has 0 bridgehead atoms. The molecule has 0 aliphatic carbocycles. The molecule has 20 heteroatoms. The van der Waals surface area contributed by atoms with Crippen molar-refractivity contribution in [1.29, 1.82) is 0 Å². The number of guanidine groups is 1. The second-order valence-electron chi connectivity index (χ2n) is 5.43. The Morgan fingerprint density at radius 2 is 1.86 bits per heavy atom. The van der Waals surface area contributed by atoms with Crippen LogP contribution in [0.5, 0.6) is 0 Å². The van der Waals surface area contributed by atoms with E-state index in [9.17, 15) is 27.8 Å². The zero-order valence-electron chi connectivity index (χ0n) is 14.1. The monoisotopic (exact) mass is 481 g/mol. The van der Waals surface area contributed by atoms with Crippen LogP contribution in [0.25, 0.3) is 0 Å². The molecule has 16 nitrogen and oxygen atoms in total. The molecule has 0 radical (unpaired) electrons. The summed E-state index contributed by atoms with van der Waals surface area (Å²) in [5.41, 5.74) is 5.37. The van der Waals surface area contributed by atoms with Crippen molar-refractivity contribution in [3.63, 3.8) is 0 Å². The van der Waals surface area contributed by atoms with Crippen molar-refractivity contribution in [2.24, 2.45) is 20.7 Å². The van der Waals surface area contributed by atoms with E-state index in [0.717, 1.165) is 6.34 Å². The standard InChI is InChI=1S/C9H15FN5O11P3/c10-1-5(2-15-3-12-6-7(15)13-9(11)14-8(6)16)24-4-27(17,18)25-29(22,23)26-28(19,20)21/h3,5-6H,1-2,4H2,(H,17,18)(H,22,23)(H2,11,14,16)(H2,19,20,21). The zero-order valence-corrected chi connectivity index (χ0v) is 16.8. The molecule has 29 heavy (non-hydrogen) atoms. The minimum absolute atomic E-state index is 0.0304. The Bertz CT molecular complexity index is 902. The van der Waals surface area contributed by atoms with Gasteiger partial charge in [0.1, 0.15) is 25.0 Å². The van der Waals surface area contributed by atoms with Gasteiger partial charge in [-0.25, -0.2) is 17.8 Å². The first-order valence-electron chi connectivity index (χ1n) is 7.28. The van der Waals surface area contributed by atoms with Crippen LogP contribution in [0.15, 0.2) is 15.0 Å². The largest absolute Gasteiger partial charge is 0.488 e. The Hall–Kier alpha value is -1.38. The van der Waals surface area contributed by atoms with Crippen LogP contribution < -0.4 is 5.73 Å². The number of alkyl halides is 1. The van der Waals surface area contributed by atoms with Crippen LogP contribution in [0.1, 0.15) is 0 Å².